The summed E-state index contributed by atoms with van der Waals surface area (Å²) in [5.74, 6) is 0.296. The smallest absolute Gasteiger partial charge is 0.239 e. The Morgan fingerprint density at radius 2 is 2.28 bits per heavy atom. The van der Waals surface area contributed by atoms with Crippen LogP contribution in [0.15, 0.2) is 0 Å². The lowest BCUT2D eigenvalue weighted by Crippen LogP contribution is -2.56. The van der Waals surface area contributed by atoms with E-state index in [1.807, 2.05) is 9.80 Å². The van der Waals surface area contributed by atoms with Crippen LogP contribution in [0.1, 0.15) is 39.0 Å². The van der Waals surface area contributed by atoms with Crippen LogP contribution in [0.5, 0.6) is 0 Å². The summed E-state index contributed by atoms with van der Waals surface area (Å²) in [6, 6.07) is -0.137. The topological polar surface area (TPSA) is 66.6 Å². The molecule has 0 aromatic rings. The fraction of sp³-hybridized carbons (Fsp3) is 0.846. The van der Waals surface area contributed by atoms with Crippen LogP contribution >= 0.6 is 0 Å². The maximum atomic E-state index is 12.2. The highest BCUT2D eigenvalue weighted by molar-refractivity contribution is 5.83. The van der Waals surface area contributed by atoms with Crippen molar-refractivity contribution in [3.63, 3.8) is 0 Å². The maximum absolute atomic E-state index is 12.2. The molecule has 5 nitrogen and oxygen atoms in total. The third-order valence-corrected chi connectivity index (χ3v) is 3.99. The zero-order valence-corrected chi connectivity index (χ0v) is 11.1. The molecule has 18 heavy (non-hydrogen) atoms. The molecule has 2 aliphatic heterocycles. The van der Waals surface area contributed by atoms with E-state index in [9.17, 15) is 9.59 Å². The minimum absolute atomic E-state index is 0.0578. The van der Waals surface area contributed by atoms with Gasteiger partial charge < -0.3 is 15.5 Å². The summed E-state index contributed by atoms with van der Waals surface area (Å²) >= 11 is 0. The van der Waals surface area contributed by atoms with Gasteiger partial charge in [-0.2, -0.15) is 0 Å². The molecule has 2 amide bonds. The first kappa shape index (κ1) is 13.3. The molecule has 0 aromatic carbocycles. The van der Waals surface area contributed by atoms with Crippen molar-refractivity contribution < 1.29 is 9.59 Å². The van der Waals surface area contributed by atoms with Gasteiger partial charge in [-0.15, -0.1) is 0 Å². The molecule has 2 fully saturated rings. The number of hydrogen-bond donors (Lipinski definition) is 1. The van der Waals surface area contributed by atoms with Gasteiger partial charge in [0.25, 0.3) is 0 Å². The molecule has 2 N–H and O–H groups in total. The second-order valence-electron chi connectivity index (χ2n) is 5.31. The van der Waals surface area contributed by atoms with Gasteiger partial charge in [-0.3, -0.25) is 9.59 Å². The summed E-state index contributed by atoms with van der Waals surface area (Å²) in [5.41, 5.74) is 5.93. The molecule has 0 saturated carbocycles. The SMILES string of the molecule is CCCC[C@H](N)C(=O)N1CCN2C(=O)CCC2C1. The monoisotopic (exact) mass is 253 g/mol. The Bertz CT molecular complexity index is 332. The molecule has 0 bridgehead atoms. The molecular weight excluding hydrogens is 230 g/mol. The fourth-order valence-electron chi connectivity index (χ4n) is 2.85. The van der Waals surface area contributed by atoms with Gasteiger partial charge in [-0.05, 0) is 12.8 Å². The van der Waals surface area contributed by atoms with E-state index in [0.29, 0.717) is 26.1 Å². The molecule has 2 atom stereocenters. The van der Waals surface area contributed by atoms with E-state index in [1.165, 1.54) is 0 Å². The van der Waals surface area contributed by atoms with E-state index in [-0.39, 0.29) is 23.9 Å². The Labute approximate surface area is 108 Å². The molecule has 102 valence electrons. The van der Waals surface area contributed by atoms with Crippen molar-refractivity contribution in [1.82, 2.24) is 9.80 Å². The Kier molecular flexibility index (Phi) is 4.22. The lowest BCUT2D eigenvalue weighted by molar-refractivity contribution is -0.140. The van der Waals surface area contributed by atoms with Gasteiger partial charge >= 0.3 is 0 Å². The van der Waals surface area contributed by atoms with Gasteiger partial charge in [-0.1, -0.05) is 19.8 Å². The van der Waals surface area contributed by atoms with Gasteiger partial charge in [0, 0.05) is 32.1 Å². The van der Waals surface area contributed by atoms with Crippen LogP contribution in [0.2, 0.25) is 0 Å². The number of unbranched alkanes of at least 4 members (excludes halogenated alkanes) is 1. The number of nitrogens with zero attached hydrogens (tertiary/aromatic N) is 2. The van der Waals surface area contributed by atoms with Crippen molar-refractivity contribution in [1.29, 1.82) is 0 Å². The normalized spacial score (nSPS) is 25.2. The third-order valence-electron chi connectivity index (χ3n) is 3.99. The molecule has 2 heterocycles. The van der Waals surface area contributed by atoms with Gasteiger partial charge in [0.05, 0.1) is 6.04 Å². The van der Waals surface area contributed by atoms with Crippen LogP contribution in [-0.4, -0.2) is 53.3 Å². The highest BCUT2D eigenvalue weighted by atomic mass is 16.2. The van der Waals surface area contributed by atoms with E-state index in [4.69, 9.17) is 5.73 Å². The second kappa shape index (κ2) is 5.69. The molecule has 0 aromatic heterocycles. The van der Waals surface area contributed by atoms with E-state index >= 15 is 0 Å². The van der Waals surface area contributed by atoms with Crippen molar-refractivity contribution in [3.8, 4) is 0 Å². The summed E-state index contributed by atoms with van der Waals surface area (Å²) in [5, 5.41) is 0. The van der Waals surface area contributed by atoms with Crippen molar-refractivity contribution in [2.45, 2.75) is 51.1 Å². The quantitative estimate of drug-likeness (QED) is 0.785. The Morgan fingerprint density at radius 3 is 3.00 bits per heavy atom. The number of hydrogen-bond acceptors (Lipinski definition) is 3. The second-order valence-corrected chi connectivity index (χ2v) is 5.31. The lowest BCUT2D eigenvalue weighted by atomic mass is 10.1. The van der Waals surface area contributed by atoms with Gasteiger partial charge in [0.15, 0.2) is 0 Å². The predicted molar refractivity (Wildman–Crippen MR) is 68.8 cm³/mol. The molecule has 0 aliphatic carbocycles. The molecule has 0 radical (unpaired) electrons. The Hall–Kier alpha value is -1.10. The Balaban J connectivity index is 1.87. The highest BCUT2D eigenvalue weighted by Gasteiger charge is 2.37. The molecule has 2 rings (SSSR count). The standard InChI is InChI=1S/C13H23N3O2/c1-2-3-4-11(14)13(18)15-7-8-16-10(9-15)5-6-12(16)17/h10-11H,2-9,14H2,1H3/t10?,11-/m0/s1. The average Bonchev–Trinajstić information content (AvgIpc) is 2.76. The maximum Gasteiger partial charge on any atom is 0.239 e. The minimum Gasteiger partial charge on any atom is -0.338 e. The zero-order valence-electron chi connectivity index (χ0n) is 11.1. The van der Waals surface area contributed by atoms with Gasteiger partial charge in [0.2, 0.25) is 11.8 Å². The molecular formula is C13H23N3O2. The fourth-order valence-corrected chi connectivity index (χ4v) is 2.85. The summed E-state index contributed by atoms with van der Waals surface area (Å²) in [7, 11) is 0. The number of carbonyl (C=O) groups excluding carboxylic acids is 2. The van der Waals surface area contributed by atoms with Crippen LogP contribution in [0, 0.1) is 0 Å². The van der Waals surface area contributed by atoms with Crippen LogP contribution in [0.3, 0.4) is 0 Å². The first-order valence-electron chi connectivity index (χ1n) is 6.97. The number of piperazine rings is 1. The van der Waals surface area contributed by atoms with Crippen LogP contribution < -0.4 is 5.73 Å². The van der Waals surface area contributed by atoms with E-state index in [2.05, 4.69) is 6.92 Å². The number of carbonyl (C=O) groups is 2. The predicted octanol–water partition coefficient (Wildman–Crippen LogP) is 0.337. The van der Waals surface area contributed by atoms with Crippen LogP contribution in [0.25, 0.3) is 0 Å². The van der Waals surface area contributed by atoms with Gasteiger partial charge in [0.1, 0.15) is 0 Å². The third kappa shape index (κ3) is 2.66. The largest absolute Gasteiger partial charge is 0.338 e. The average molecular weight is 253 g/mol. The van der Waals surface area contributed by atoms with Crippen molar-refractivity contribution >= 4 is 11.8 Å². The summed E-state index contributed by atoms with van der Waals surface area (Å²) in [4.78, 5) is 27.5. The van der Waals surface area contributed by atoms with E-state index in [0.717, 1.165) is 25.7 Å². The number of fused-ring (bicyclic) bond motifs is 1. The van der Waals surface area contributed by atoms with Crippen molar-refractivity contribution in [2.24, 2.45) is 5.73 Å². The van der Waals surface area contributed by atoms with Crippen molar-refractivity contribution in [3.05, 3.63) is 0 Å². The molecule has 5 heteroatoms. The minimum atomic E-state index is -0.367. The first-order valence-corrected chi connectivity index (χ1v) is 6.97. The summed E-state index contributed by atoms with van der Waals surface area (Å²) < 4.78 is 0. The number of rotatable bonds is 4. The van der Waals surface area contributed by atoms with Crippen LogP contribution in [0.4, 0.5) is 0 Å². The number of amides is 2. The first-order chi connectivity index (χ1) is 8.63. The molecule has 2 saturated heterocycles. The zero-order chi connectivity index (χ0) is 13.1. The lowest BCUT2D eigenvalue weighted by Gasteiger charge is -2.38. The molecule has 1 unspecified atom stereocenters. The molecule has 0 spiro atoms. The van der Waals surface area contributed by atoms with Crippen LogP contribution in [-0.2, 0) is 9.59 Å². The van der Waals surface area contributed by atoms with Gasteiger partial charge in [-0.25, -0.2) is 0 Å². The van der Waals surface area contributed by atoms with Crippen molar-refractivity contribution in [2.75, 3.05) is 19.6 Å². The van der Waals surface area contributed by atoms with E-state index in [1.54, 1.807) is 0 Å². The molecule has 2 aliphatic rings. The summed E-state index contributed by atoms with van der Waals surface area (Å²) in [6.07, 6.45) is 4.33. The highest BCUT2D eigenvalue weighted by Crippen LogP contribution is 2.23. The Morgan fingerprint density at radius 1 is 1.50 bits per heavy atom. The number of nitrogens with two attached hydrogens (primary N) is 1. The van der Waals surface area contributed by atoms with E-state index < -0.39 is 0 Å². The summed E-state index contributed by atoms with van der Waals surface area (Å²) in [6.45, 7) is 4.08.